The highest BCUT2D eigenvalue weighted by molar-refractivity contribution is 9.10. The lowest BCUT2D eigenvalue weighted by Gasteiger charge is -2.19. The zero-order valence-electron chi connectivity index (χ0n) is 11.7. The molecule has 0 aliphatic rings. The number of methoxy groups -OCH3 is 1. The first-order chi connectivity index (χ1) is 9.58. The normalized spacial score (nSPS) is 12.2. The number of hydrogen-bond acceptors (Lipinski definition) is 2. The lowest BCUT2D eigenvalue weighted by molar-refractivity contribution is 0.411. The van der Waals surface area contributed by atoms with Gasteiger partial charge >= 0.3 is 0 Å². The number of hydrogen-bond donors (Lipinski definition) is 1. The second-order valence-electron chi connectivity index (χ2n) is 4.59. The smallest absolute Gasteiger partial charge is 0.142 e. The number of halogens is 2. The predicted molar refractivity (Wildman–Crippen MR) is 82.7 cm³/mol. The van der Waals surface area contributed by atoms with Gasteiger partial charge < -0.3 is 10.1 Å². The number of rotatable bonds is 4. The Morgan fingerprint density at radius 1 is 1.25 bits per heavy atom. The van der Waals surface area contributed by atoms with E-state index in [9.17, 15) is 4.39 Å². The Bertz CT molecular complexity index is 615. The summed E-state index contributed by atoms with van der Waals surface area (Å²) in [5.41, 5.74) is 2.65. The number of ether oxygens (including phenoxy) is 1. The van der Waals surface area contributed by atoms with Gasteiger partial charge in [-0.3, -0.25) is 0 Å². The van der Waals surface area contributed by atoms with E-state index in [4.69, 9.17) is 4.74 Å². The first-order valence-corrected chi connectivity index (χ1v) is 7.13. The van der Waals surface area contributed by atoms with E-state index in [1.807, 2.05) is 38.2 Å². The number of nitrogens with one attached hydrogen (secondary N) is 1. The van der Waals surface area contributed by atoms with Crippen molar-refractivity contribution in [1.29, 1.82) is 0 Å². The van der Waals surface area contributed by atoms with Crippen LogP contribution in [0.4, 0.5) is 4.39 Å². The summed E-state index contributed by atoms with van der Waals surface area (Å²) in [6.45, 7) is 1.98. The van der Waals surface area contributed by atoms with Gasteiger partial charge in [0.05, 0.1) is 17.6 Å². The van der Waals surface area contributed by atoms with Crippen molar-refractivity contribution in [1.82, 2.24) is 5.32 Å². The van der Waals surface area contributed by atoms with E-state index in [0.29, 0.717) is 10.0 Å². The number of benzene rings is 2. The van der Waals surface area contributed by atoms with Gasteiger partial charge in [0, 0.05) is 5.56 Å². The molecule has 2 aromatic carbocycles. The largest absolute Gasteiger partial charge is 0.496 e. The third-order valence-corrected chi connectivity index (χ3v) is 3.95. The fraction of sp³-hybridized carbons (Fsp3) is 0.250. The van der Waals surface area contributed by atoms with E-state index >= 15 is 0 Å². The molecule has 1 unspecified atom stereocenters. The number of aryl methyl sites for hydroxylation is 1. The fourth-order valence-electron chi connectivity index (χ4n) is 2.33. The van der Waals surface area contributed by atoms with Crippen molar-refractivity contribution in [3.8, 4) is 5.75 Å². The van der Waals surface area contributed by atoms with Gasteiger partial charge in [-0.15, -0.1) is 0 Å². The van der Waals surface area contributed by atoms with E-state index in [1.165, 1.54) is 0 Å². The third kappa shape index (κ3) is 2.86. The van der Waals surface area contributed by atoms with Crippen LogP contribution >= 0.6 is 15.9 Å². The Kier molecular flexibility index (Phi) is 4.78. The molecule has 0 aliphatic heterocycles. The molecule has 0 heterocycles. The van der Waals surface area contributed by atoms with Gasteiger partial charge in [0.25, 0.3) is 0 Å². The standard InChI is InChI=1S/C16H17BrFNO/c1-10-9-11(7-8-14(10)20-3)16(19-2)12-5-4-6-13(17)15(12)18/h4-9,16,19H,1-3H3. The Hall–Kier alpha value is -1.39. The lowest BCUT2D eigenvalue weighted by atomic mass is 9.97. The van der Waals surface area contributed by atoms with Gasteiger partial charge in [-0.1, -0.05) is 24.3 Å². The summed E-state index contributed by atoms with van der Waals surface area (Å²) in [5.74, 6) is 0.596. The van der Waals surface area contributed by atoms with Gasteiger partial charge in [0.1, 0.15) is 11.6 Å². The molecule has 0 saturated carbocycles. The van der Waals surface area contributed by atoms with Crippen LogP contribution in [0.2, 0.25) is 0 Å². The van der Waals surface area contributed by atoms with Crippen LogP contribution in [0.5, 0.6) is 5.75 Å². The van der Waals surface area contributed by atoms with Crippen LogP contribution in [0.3, 0.4) is 0 Å². The van der Waals surface area contributed by atoms with Crippen LogP contribution < -0.4 is 10.1 Å². The molecule has 4 heteroatoms. The molecular weight excluding hydrogens is 321 g/mol. The summed E-state index contributed by atoms with van der Waals surface area (Å²) in [6.07, 6.45) is 0. The molecule has 0 aliphatic carbocycles. The minimum absolute atomic E-state index is 0.197. The Morgan fingerprint density at radius 2 is 2.00 bits per heavy atom. The Morgan fingerprint density at radius 3 is 2.60 bits per heavy atom. The van der Waals surface area contributed by atoms with Crippen LogP contribution in [0.1, 0.15) is 22.7 Å². The average molecular weight is 338 g/mol. The molecule has 20 heavy (non-hydrogen) atoms. The highest BCUT2D eigenvalue weighted by atomic mass is 79.9. The summed E-state index contributed by atoms with van der Waals surface area (Å²) < 4.78 is 20.0. The zero-order valence-corrected chi connectivity index (χ0v) is 13.3. The maximum atomic E-state index is 14.3. The topological polar surface area (TPSA) is 21.3 Å². The minimum atomic E-state index is -0.236. The molecule has 2 nitrogen and oxygen atoms in total. The lowest BCUT2D eigenvalue weighted by Crippen LogP contribution is -2.19. The minimum Gasteiger partial charge on any atom is -0.496 e. The van der Waals surface area contributed by atoms with Gasteiger partial charge in [-0.2, -0.15) is 0 Å². The van der Waals surface area contributed by atoms with Gasteiger partial charge in [0.2, 0.25) is 0 Å². The highest BCUT2D eigenvalue weighted by Crippen LogP contribution is 2.30. The van der Waals surface area contributed by atoms with E-state index in [0.717, 1.165) is 16.9 Å². The van der Waals surface area contributed by atoms with E-state index in [1.54, 1.807) is 19.2 Å². The second kappa shape index (κ2) is 6.37. The van der Waals surface area contributed by atoms with E-state index in [-0.39, 0.29) is 11.9 Å². The summed E-state index contributed by atoms with van der Waals surface area (Å²) >= 11 is 3.23. The molecule has 106 valence electrons. The predicted octanol–water partition coefficient (Wildman–Crippen LogP) is 4.21. The SMILES string of the molecule is CNC(c1ccc(OC)c(C)c1)c1cccc(Br)c1F. The molecule has 1 N–H and O–H groups in total. The van der Waals surface area contributed by atoms with Crippen LogP contribution in [0.15, 0.2) is 40.9 Å². The molecule has 2 rings (SSSR count). The van der Waals surface area contributed by atoms with Crippen molar-refractivity contribution in [2.45, 2.75) is 13.0 Å². The summed E-state index contributed by atoms with van der Waals surface area (Å²) in [5, 5.41) is 3.17. The quantitative estimate of drug-likeness (QED) is 0.902. The maximum Gasteiger partial charge on any atom is 0.142 e. The molecule has 1 atom stereocenters. The second-order valence-corrected chi connectivity index (χ2v) is 5.45. The van der Waals surface area contributed by atoms with Crippen molar-refractivity contribution in [2.24, 2.45) is 0 Å². The van der Waals surface area contributed by atoms with Crippen LogP contribution in [-0.2, 0) is 0 Å². The van der Waals surface area contributed by atoms with E-state index in [2.05, 4.69) is 21.2 Å². The molecule has 0 saturated heterocycles. The van der Waals surface area contributed by atoms with Gasteiger partial charge in [-0.05, 0) is 53.2 Å². The fourth-order valence-corrected chi connectivity index (χ4v) is 2.71. The molecule has 0 bridgehead atoms. The first kappa shape index (κ1) is 15.0. The maximum absolute atomic E-state index is 14.3. The Labute approximate surface area is 127 Å². The van der Waals surface area contributed by atoms with Gasteiger partial charge in [0.15, 0.2) is 0 Å². The molecule has 2 aromatic rings. The zero-order chi connectivity index (χ0) is 14.7. The van der Waals surface area contributed by atoms with Crippen LogP contribution in [-0.4, -0.2) is 14.2 Å². The summed E-state index contributed by atoms with van der Waals surface area (Å²) in [4.78, 5) is 0. The van der Waals surface area contributed by atoms with Crippen molar-refractivity contribution in [3.63, 3.8) is 0 Å². The van der Waals surface area contributed by atoms with E-state index < -0.39 is 0 Å². The van der Waals surface area contributed by atoms with Gasteiger partial charge in [-0.25, -0.2) is 4.39 Å². The van der Waals surface area contributed by atoms with Crippen LogP contribution in [0.25, 0.3) is 0 Å². The molecular formula is C16H17BrFNO. The molecule has 0 aromatic heterocycles. The van der Waals surface area contributed by atoms with Crippen molar-refractivity contribution < 1.29 is 9.13 Å². The van der Waals surface area contributed by atoms with Crippen molar-refractivity contribution in [2.75, 3.05) is 14.2 Å². The van der Waals surface area contributed by atoms with Crippen molar-refractivity contribution >= 4 is 15.9 Å². The molecule has 0 radical (unpaired) electrons. The molecule has 0 amide bonds. The average Bonchev–Trinajstić information content (AvgIpc) is 2.44. The van der Waals surface area contributed by atoms with Crippen molar-refractivity contribution in [3.05, 3.63) is 63.4 Å². The Balaban J connectivity index is 2.47. The summed E-state index contributed by atoms with van der Waals surface area (Å²) in [7, 11) is 3.47. The van der Waals surface area contributed by atoms with Crippen LogP contribution in [0, 0.1) is 12.7 Å². The first-order valence-electron chi connectivity index (χ1n) is 6.34. The monoisotopic (exact) mass is 337 g/mol. The molecule has 0 fully saturated rings. The molecule has 0 spiro atoms. The summed E-state index contributed by atoms with van der Waals surface area (Å²) in [6, 6.07) is 11.0. The highest BCUT2D eigenvalue weighted by Gasteiger charge is 2.18. The third-order valence-electron chi connectivity index (χ3n) is 3.33.